The lowest BCUT2D eigenvalue weighted by Crippen LogP contribution is -2.22. The highest BCUT2D eigenvalue weighted by Gasteiger charge is 2.13. The Kier molecular flexibility index (Phi) is 3.67. The third-order valence-electron chi connectivity index (χ3n) is 1.81. The Morgan fingerprint density at radius 1 is 1.43 bits per heavy atom. The molecule has 0 bridgehead atoms. The first kappa shape index (κ1) is 10.2. The zero-order valence-electron chi connectivity index (χ0n) is 7.43. The number of rotatable bonds is 5. The molecule has 0 aliphatic rings. The van der Waals surface area contributed by atoms with Crippen LogP contribution >= 0.6 is 0 Å². The van der Waals surface area contributed by atoms with E-state index < -0.39 is 12.0 Å². The van der Waals surface area contributed by atoms with Gasteiger partial charge in [-0.05, 0) is 5.56 Å². The van der Waals surface area contributed by atoms with Gasteiger partial charge in [-0.3, -0.25) is 9.59 Å². The zero-order valence-corrected chi connectivity index (χ0v) is 7.43. The minimum absolute atomic E-state index is 0.140. The van der Waals surface area contributed by atoms with Crippen LogP contribution in [0.4, 0.5) is 0 Å². The number of hydrogen-bond acceptors (Lipinski definition) is 2. The molecular weight excluding hydrogens is 182 g/mol. The highest BCUT2D eigenvalue weighted by molar-refractivity contribution is 5.68. The van der Waals surface area contributed by atoms with Gasteiger partial charge in [-0.25, -0.2) is 0 Å². The van der Waals surface area contributed by atoms with Crippen LogP contribution in [0.1, 0.15) is 18.0 Å². The number of carboxylic acids is 1. The molecule has 0 aromatic heterocycles. The van der Waals surface area contributed by atoms with Crippen LogP contribution in [-0.2, 0) is 9.59 Å². The zero-order chi connectivity index (χ0) is 10.4. The fourth-order valence-electron chi connectivity index (χ4n) is 1.18. The Balaban J connectivity index is 2.77. The summed E-state index contributed by atoms with van der Waals surface area (Å²) in [5.41, 5.74) is 0.762. The van der Waals surface area contributed by atoms with Crippen LogP contribution in [0.15, 0.2) is 30.3 Å². The standard InChI is InChI=1S/C10H10NO3/c12-7-11-9(6-10(13)14)8-4-2-1-3-5-8/h1-5,9H,6H2,(H,11,12)(H,13,14). The first-order valence-corrected chi connectivity index (χ1v) is 4.13. The second-order valence-corrected chi connectivity index (χ2v) is 2.81. The van der Waals surface area contributed by atoms with Crippen LogP contribution in [0.5, 0.6) is 0 Å². The van der Waals surface area contributed by atoms with E-state index in [9.17, 15) is 9.59 Å². The van der Waals surface area contributed by atoms with E-state index >= 15 is 0 Å². The Bertz CT molecular complexity index is 310. The van der Waals surface area contributed by atoms with Crippen LogP contribution in [0.2, 0.25) is 0 Å². The lowest BCUT2D eigenvalue weighted by molar-refractivity contribution is -0.137. The maximum Gasteiger partial charge on any atom is 0.309 e. The molecule has 0 saturated heterocycles. The molecule has 1 unspecified atom stereocenters. The van der Waals surface area contributed by atoms with Gasteiger partial charge in [0.05, 0.1) is 12.5 Å². The summed E-state index contributed by atoms with van der Waals surface area (Å²) in [5.74, 6) is -0.957. The average Bonchev–Trinajstić information content (AvgIpc) is 2.18. The summed E-state index contributed by atoms with van der Waals surface area (Å²) in [4.78, 5) is 20.6. The monoisotopic (exact) mass is 192 g/mol. The molecule has 14 heavy (non-hydrogen) atoms. The fourth-order valence-corrected chi connectivity index (χ4v) is 1.18. The molecule has 0 heterocycles. The predicted octanol–water partition coefficient (Wildman–Crippen LogP) is 0.859. The minimum Gasteiger partial charge on any atom is -0.481 e. The summed E-state index contributed by atoms with van der Waals surface area (Å²) < 4.78 is 0. The molecule has 1 aromatic carbocycles. The van der Waals surface area contributed by atoms with Gasteiger partial charge >= 0.3 is 12.4 Å². The second-order valence-electron chi connectivity index (χ2n) is 2.81. The van der Waals surface area contributed by atoms with Crippen molar-refractivity contribution in [2.24, 2.45) is 0 Å². The van der Waals surface area contributed by atoms with Gasteiger partial charge in [-0.1, -0.05) is 30.3 Å². The normalized spacial score (nSPS) is 11.7. The van der Waals surface area contributed by atoms with Crippen molar-refractivity contribution in [1.82, 2.24) is 5.32 Å². The highest BCUT2D eigenvalue weighted by atomic mass is 16.4. The van der Waals surface area contributed by atoms with Crippen molar-refractivity contribution < 1.29 is 14.7 Å². The molecular formula is C10H10NO3. The molecule has 73 valence electrons. The summed E-state index contributed by atoms with van der Waals surface area (Å²) in [6, 6.07) is 8.42. The van der Waals surface area contributed by atoms with E-state index in [1.807, 2.05) is 6.07 Å². The molecule has 4 nitrogen and oxygen atoms in total. The first-order valence-electron chi connectivity index (χ1n) is 4.13. The van der Waals surface area contributed by atoms with E-state index in [2.05, 4.69) is 5.32 Å². The Morgan fingerprint density at radius 2 is 2.07 bits per heavy atom. The van der Waals surface area contributed by atoms with Gasteiger partial charge in [0, 0.05) is 0 Å². The number of aliphatic carboxylic acids is 1. The van der Waals surface area contributed by atoms with Gasteiger partial charge < -0.3 is 10.4 Å². The molecule has 1 atom stereocenters. The molecule has 1 aromatic rings. The molecule has 0 fully saturated rings. The Labute approximate surface area is 81.6 Å². The summed E-state index contributed by atoms with van der Waals surface area (Å²) in [6.07, 6.45) is 1.37. The molecule has 0 saturated carbocycles. The lowest BCUT2D eigenvalue weighted by atomic mass is 10.0. The molecule has 2 N–H and O–H groups in total. The summed E-state index contributed by atoms with van der Waals surface area (Å²) >= 11 is 0. The summed E-state index contributed by atoms with van der Waals surface area (Å²) in [5, 5.41) is 10.9. The SMILES string of the molecule is O=[C]NC(CC(=O)O)c1ccccc1. The van der Waals surface area contributed by atoms with Crippen LogP contribution in [0, 0.1) is 0 Å². The number of nitrogens with one attached hydrogen (secondary N) is 1. The molecule has 4 heteroatoms. The van der Waals surface area contributed by atoms with Crippen molar-refractivity contribution in [3.05, 3.63) is 35.9 Å². The number of carbonyl (C=O) groups is 1. The first-order chi connectivity index (χ1) is 6.74. The largest absolute Gasteiger partial charge is 0.481 e. The maximum atomic E-state index is 10.5. The van der Waals surface area contributed by atoms with Crippen molar-refractivity contribution in [1.29, 1.82) is 0 Å². The third-order valence-corrected chi connectivity index (χ3v) is 1.81. The predicted molar refractivity (Wildman–Crippen MR) is 50.3 cm³/mol. The molecule has 0 aliphatic heterocycles. The topological polar surface area (TPSA) is 66.4 Å². The number of hydrogen-bond donors (Lipinski definition) is 2. The third kappa shape index (κ3) is 2.90. The number of carbonyl (C=O) groups excluding carboxylic acids is 1. The Morgan fingerprint density at radius 3 is 2.57 bits per heavy atom. The number of benzene rings is 1. The van der Waals surface area contributed by atoms with Crippen molar-refractivity contribution >= 4 is 12.4 Å². The number of amides is 1. The van der Waals surface area contributed by atoms with Crippen LogP contribution in [0.25, 0.3) is 0 Å². The van der Waals surface area contributed by atoms with E-state index in [1.165, 1.54) is 6.41 Å². The van der Waals surface area contributed by atoms with Gasteiger partial charge in [-0.2, -0.15) is 0 Å². The highest BCUT2D eigenvalue weighted by Crippen LogP contribution is 2.15. The quantitative estimate of drug-likeness (QED) is 0.680. The van der Waals surface area contributed by atoms with E-state index in [0.29, 0.717) is 0 Å². The van der Waals surface area contributed by atoms with Gasteiger partial charge in [0.2, 0.25) is 0 Å². The fraction of sp³-hybridized carbons (Fsp3) is 0.200. The van der Waals surface area contributed by atoms with Crippen molar-refractivity contribution in [2.75, 3.05) is 0 Å². The van der Waals surface area contributed by atoms with E-state index in [-0.39, 0.29) is 6.42 Å². The molecule has 1 rings (SSSR count). The van der Waals surface area contributed by atoms with Crippen molar-refractivity contribution in [2.45, 2.75) is 12.5 Å². The van der Waals surface area contributed by atoms with E-state index in [4.69, 9.17) is 5.11 Å². The van der Waals surface area contributed by atoms with Gasteiger partial charge in [0.25, 0.3) is 0 Å². The summed E-state index contributed by atoms with van der Waals surface area (Å²) in [7, 11) is 0. The lowest BCUT2D eigenvalue weighted by Gasteiger charge is -2.12. The smallest absolute Gasteiger partial charge is 0.309 e. The minimum atomic E-state index is -0.957. The van der Waals surface area contributed by atoms with Gasteiger partial charge in [0.1, 0.15) is 0 Å². The summed E-state index contributed by atoms with van der Waals surface area (Å²) in [6.45, 7) is 0. The Hall–Kier alpha value is -1.84. The molecule has 0 spiro atoms. The van der Waals surface area contributed by atoms with Crippen molar-refractivity contribution in [3.8, 4) is 0 Å². The maximum absolute atomic E-state index is 10.5. The van der Waals surface area contributed by atoms with Crippen LogP contribution < -0.4 is 5.32 Å². The molecule has 0 aliphatic carbocycles. The van der Waals surface area contributed by atoms with Crippen LogP contribution in [0.3, 0.4) is 0 Å². The van der Waals surface area contributed by atoms with Gasteiger partial charge in [-0.15, -0.1) is 0 Å². The van der Waals surface area contributed by atoms with Gasteiger partial charge in [0.15, 0.2) is 0 Å². The van der Waals surface area contributed by atoms with E-state index in [0.717, 1.165) is 5.56 Å². The number of carboxylic acid groups (broad SMARTS) is 1. The van der Waals surface area contributed by atoms with E-state index in [1.54, 1.807) is 24.3 Å². The average molecular weight is 192 g/mol. The molecule has 1 radical (unpaired) electrons. The van der Waals surface area contributed by atoms with Crippen molar-refractivity contribution in [3.63, 3.8) is 0 Å². The van der Waals surface area contributed by atoms with Crippen LogP contribution in [-0.4, -0.2) is 17.5 Å². The molecule has 1 amide bonds. The second kappa shape index (κ2) is 5.01.